The summed E-state index contributed by atoms with van der Waals surface area (Å²) in [5.41, 5.74) is 2.45. The van der Waals surface area contributed by atoms with Crippen molar-refractivity contribution >= 4 is 17.8 Å². The van der Waals surface area contributed by atoms with Gasteiger partial charge in [-0.3, -0.25) is 9.59 Å². The minimum atomic E-state index is -0.672. The Labute approximate surface area is 136 Å². The third-order valence-electron chi connectivity index (χ3n) is 3.40. The van der Waals surface area contributed by atoms with Gasteiger partial charge in [-0.1, -0.05) is 13.0 Å². The third kappa shape index (κ3) is 6.10. The minimum Gasteiger partial charge on any atom is -0.452 e. The summed E-state index contributed by atoms with van der Waals surface area (Å²) in [7, 11) is 0. The summed E-state index contributed by atoms with van der Waals surface area (Å²) in [5.74, 6) is -1.34. The van der Waals surface area contributed by atoms with Crippen molar-refractivity contribution in [3.63, 3.8) is 0 Å². The first-order chi connectivity index (χ1) is 10.8. The van der Waals surface area contributed by atoms with E-state index in [0.717, 1.165) is 17.5 Å². The number of carbonyl (C=O) groups is 3. The van der Waals surface area contributed by atoms with Crippen molar-refractivity contribution in [2.75, 3.05) is 13.2 Å². The van der Waals surface area contributed by atoms with Gasteiger partial charge >= 0.3 is 5.97 Å². The van der Waals surface area contributed by atoms with Crippen LogP contribution in [-0.4, -0.2) is 37.0 Å². The lowest BCUT2D eigenvalue weighted by molar-refractivity contribution is -0.130. The van der Waals surface area contributed by atoms with Crippen molar-refractivity contribution < 1.29 is 19.1 Å². The summed E-state index contributed by atoms with van der Waals surface area (Å²) < 4.78 is 4.96. The number of benzene rings is 1. The molecule has 1 aromatic carbocycles. The van der Waals surface area contributed by atoms with Crippen molar-refractivity contribution in [2.45, 2.75) is 40.2 Å². The molecule has 1 rings (SSSR count). The Morgan fingerprint density at radius 1 is 1.17 bits per heavy atom. The molecule has 0 aliphatic carbocycles. The monoisotopic (exact) mass is 320 g/mol. The molecule has 23 heavy (non-hydrogen) atoms. The molecular weight excluding hydrogens is 296 g/mol. The summed E-state index contributed by atoms with van der Waals surface area (Å²) in [6.45, 7) is 7.50. The highest BCUT2D eigenvalue weighted by atomic mass is 16.5. The van der Waals surface area contributed by atoms with E-state index in [-0.39, 0.29) is 5.91 Å². The lowest BCUT2D eigenvalue weighted by Crippen LogP contribution is -2.46. The van der Waals surface area contributed by atoms with Crippen molar-refractivity contribution in [1.82, 2.24) is 10.6 Å². The topological polar surface area (TPSA) is 84.5 Å². The smallest absolute Gasteiger partial charge is 0.338 e. The van der Waals surface area contributed by atoms with E-state index in [9.17, 15) is 14.4 Å². The predicted molar refractivity (Wildman–Crippen MR) is 87.1 cm³/mol. The largest absolute Gasteiger partial charge is 0.452 e. The maximum atomic E-state index is 11.9. The molecule has 2 N–H and O–H groups in total. The molecular formula is C17H24N2O4. The molecule has 1 aromatic rings. The lowest BCUT2D eigenvalue weighted by Gasteiger charge is -2.14. The number of esters is 1. The van der Waals surface area contributed by atoms with Crippen LogP contribution in [0.2, 0.25) is 0 Å². The molecule has 0 spiro atoms. The van der Waals surface area contributed by atoms with Gasteiger partial charge < -0.3 is 15.4 Å². The number of hydrogen-bond acceptors (Lipinski definition) is 4. The Kier molecular flexibility index (Phi) is 7.25. The van der Waals surface area contributed by atoms with Gasteiger partial charge in [0.2, 0.25) is 5.91 Å². The van der Waals surface area contributed by atoms with Gasteiger partial charge in [-0.05, 0) is 50.5 Å². The predicted octanol–water partition coefficient (Wildman–Crippen LogP) is 1.49. The highest BCUT2D eigenvalue weighted by molar-refractivity contribution is 5.92. The maximum absolute atomic E-state index is 11.9. The van der Waals surface area contributed by atoms with Gasteiger partial charge in [0.25, 0.3) is 5.91 Å². The standard InChI is InChI=1S/C17H24N2O4/c1-5-8-18-16(21)13(4)19-15(20)10-23-17(22)14-7-6-11(2)12(3)9-14/h6-7,9,13H,5,8,10H2,1-4H3,(H,18,21)(H,19,20)/t13-/m0/s1. The average molecular weight is 320 g/mol. The van der Waals surface area contributed by atoms with Gasteiger partial charge in [0.1, 0.15) is 6.04 Å². The summed E-state index contributed by atoms with van der Waals surface area (Å²) in [6, 6.07) is 4.53. The summed E-state index contributed by atoms with van der Waals surface area (Å²) in [4.78, 5) is 35.2. The number of hydrogen-bond donors (Lipinski definition) is 2. The molecule has 0 aliphatic rings. The van der Waals surface area contributed by atoms with Crippen LogP contribution in [0.25, 0.3) is 0 Å². The molecule has 1 atom stereocenters. The van der Waals surface area contributed by atoms with Crippen LogP contribution < -0.4 is 10.6 Å². The fourth-order valence-corrected chi connectivity index (χ4v) is 1.83. The van der Waals surface area contributed by atoms with Gasteiger partial charge in [0, 0.05) is 6.54 Å². The normalized spacial score (nSPS) is 11.5. The molecule has 0 heterocycles. The SMILES string of the molecule is CCCNC(=O)[C@H](C)NC(=O)COC(=O)c1ccc(C)c(C)c1. The first-order valence-corrected chi connectivity index (χ1v) is 7.66. The summed E-state index contributed by atoms with van der Waals surface area (Å²) in [6.07, 6.45) is 0.819. The zero-order valence-electron chi connectivity index (χ0n) is 14.1. The number of aryl methyl sites for hydroxylation is 2. The second-order valence-corrected chi connectivity index (χ2v) is 5.46. The molecule has 126 valence electrons. The van der Waals surface area contributed by atoms with Crippen LogP contribution in [0.1, 0.15) is 41.8 Å². The molecule has 0 saturated carbocycles. The first kappa shape index (κ1) is 18.7. The van der Waals surface area contributed by atoms with E-state index in [4.69, 9.17) is 4.74 Å². The Morgan fingerprint density at radius 3 is 2.48 bits per heavy atom. The van der Waals surface area contributed by atoms with Crippen molar-refractivity contribution in [3.8, 4) is 0 Å². The zero-order valence-corrected chi connectivity index (χ0v) is 14.1. The highest BCUT2D eigenvalue weighted by Crippen LogP contribution is 2.10. The van der Waals surface area contributed by atoms with E-state index in [1.54, 1.807) is 19.1 Å². The van der Waals surface area contributed by atoms with Gasteiger partial charge in [0.15, 0.2) is 6.61 Å². The van der Waals surface area contributed by atoms with Gasteiger partial charge in [-0.2, -0.15) is 0 Å². The number of carbonyl (C=O) groups excluding carboxylic acids is 3. The van der Waals surface area contributed by atoms with Crippen LogP contribution in [-0.2, 0) is 14.3 Å². The van der Waals surface area contributed by atoms with Gasteiger partial charge in [0.05, 0.1) is 5.56 Å². The molecule has 0 radical (unpaired) electrons. The molecule has 6 nitrogen and oxygen atoms in total. The maximum Gasteiger partial charge on any atom is 0.338 e. The number of nitrogens with one attached hydrogen (secondary N) is 2. The Hall–Kier alpha value is -2.37. The van der Waals surface area contributed by atoms with Gasteiger partial charge in [-0.15, -0.1) is 0 Å². The molecule has 0 fully saturated rings. The van der Waals surface area contributed by atoms with Crippen LogP contribution in [0, 0.1) is 13.8 Å². The lowest BCUT2D eigenvalue weighted by atomic mass is 10.1. The van der Waals surface area contributed by atoms with E-state index in [0.29, 0.717) is 12.1 Å². The van der Waals surface area contributed by atoms with Crippen LogP contribution in [0.4, 0.5) is 0 Å². The van der Waals surface area contributed by atoms with E-state index in [1.807, 2.05) is 26.8 Å². The van der Waals surface area contributed by atoms with E-state index >= 15 is 0 Å². The molecule has 0 saturated heterocycles. The van der Waals surface area contributed by atoms with E-state index < -0.39 is 24.5 Å². The van der Waals surface area contributed by atoms with Crippen LogP contribution >= 0.6 is 0 Å². The number of rotatable bonds is 7. The van der Waals surface area contributed by atoms with Crippen LogP contribution in [0.5, 0.6) is 0 Å². The Morgan fingerprint density at radius 2 is 1.87 bits per heavy atom. The second-order valence-electron chi connectivity index (χ2n) is 5.46. The quantitative estimate of drug-likeness (QED) is 0.746. The molecule has 0 unspecified atom stereocenters. The molecule has 6 heteroatoms. The van der Waals surface area contributed by atoms with E-state index in [1.165, 1.54) is 0 Å². The minimum absolute atomic E-state index is 0.263. The summed E-state index contributed by atoms with van der Waals surface area (Å²) in [5, 5.41) is 5.17. The zero-order chi connectivity index (χ0) is 17.4. The van der Waals surface area contributed by atoms with Crippen LogP contribution in [0.15, 0.2) is 18.2 Å². The van der Waals surface area contributed by atoms with Crippen LogP contribution in [0.3, 0.4) is 0 Å². The highest BCUT2D eigenvalue weighted by Gasteiger charge is 2.16. The molecule has 0 aromatic heterocycles. The fourth-order valence-electron chi connectivity index (χ4n) is 1.83. The summed E-state index contributed by atoms with van der Waals surface area (Å²) >= 11 is 0. The van der Waals surface area contributed by atoms with Crippen molar-refractivity contribution in [1.29, 1.82) is 0 Å². The van der Waals surface area contributed by atoms with Crippen molar-refractivity contribution in [3.05, 3.63) is 34.9 Å². The number of amides is 2. The number of ether oxygens (including phenoxy) is 1. The molecule has 0 bridgehead atoms. The Bertz CT molecular complexity index is 584. The molecule has 2 amide bonds. The fraction of sp³-hybridized carbons (Fsp3) is 0.471. The first-order valence-electron chi connectivity index (χ1n) is 7.66. The Balaban J connectivity index is 2.44. The molecule has 0 aliphatic heterocycles. The van der Waals surface area contributed by atoms with Crippen molar-refractivity contribution in [2.24, 2.45) is 0 Å². The van der Waals surface area contributed by atoms with Gasteiger partial charge in [-0.25, -0.2) is 4.79 Å². The third-order valence-corrected chi connectivity index (χ3v) is 3.40. The second kappa shape index (κ2) is 8.92. The average Bonchev–Trinajstić information content (AvgIpc) is 2.52. The van der Waals surface area contributed by atoms with E-state index in [2.05, 4.69) is 10.6 Å².